The molecule has 0 bridgehead atoms. The first kappa shape index (κ1) is 17.1. The summed E-state index contributed by atoms with van der Waals surface area (Å²) in [6.45, 7) is 3.52. The van der Waals surface area contributed by atoms with Crippen molar-refractivity contribution in [3.8, 4) is 0 Å². The molecular formula is C22H36O2. The van der Waals surface area contributed by atoms with Crippen molar-refractivity contribution in [3.63, 3.8) is 0 Å². The van der Waals surface area contributed by atoms with Crippen molar-refractivity contribution >= 4 is 6.29 Å². The predicted octanol–water partition coefficient (Wildman–Crippen LogP) is 5.11. The minimum atomic E-state index is 0.474. The van der Waals surface area contributed by atoms with Crippen LogP contribution in [0.3, 0.4) is 0 Å². The molecule has 0 aromatic heterocycles. The summed E-state index contributed by atoms with van der Waals surface area (Å²) in [5.41, 5.74) is 0.474. The molecule has 0 aliphatic heterocycles. The van der Waals surface area contributed by atoms with Crippen molar-refractivity contribution in [1.29, 1.82) is 0 Å². The molecule has 4 rings (SSSR count). The average molecular weight is 333 g/mol. The van der Waals surface area contributed by atoms with Crippen LogP contribution in [0.15, 0.2) is 0 Å². The second-order valence-corrected chi connectivity index (χ2v) is 9.79. The van der Waals surface area contributed by atoms with Crippen molar-refractivity contribution in [2.24, 2.45) is 46.8 Å². The van der Waals surface area contributed by atoms with E-state index in [1.165, 1.54) is 64.1 Å². The van der Waals surface area contributed by atoms with E-state index in [0.29, 0.717) is 11.3 Å². The van der Waals surface area contributed by atoms with Crippen molar-refractivity contribution in [2.75, 3.05) is 13.7 Å². The van der Waals surface area contributed by atoms with Gasteiger partial charge < -0.3 is 9.53 Å². The standard InChI is InChI=1S/C22H36O2/c1-22-11-9-19-18-6-3-15(14-24-2)13-16(18)4-7-20(19)21(22)8-5-17(22)10-12-23/h12,15-21H,3-11,13-14H2,1-2H3. The molecule has 0 saturated heterocycles. The molecule has 0 N–H and O–H groups in total. The monoisotopic (exact) mass is 332 g/mol. The first-order valence-corrected chi connectivity index (χ1v) is 10.6. The molecule has 0 heterocycles. The maximum Gasteiger partial charge on any atom is 0.120 e. The van der Waals surface area contributed by atoms with Gasteiger partial charge in [-0.1, -0.05) is 6.92 Å². The van der Waals surface area contributed by atoms with Crippen LogP contribution in [0.4, 0.5) is 0 Å². The number of fused-ring (bicyclic) bond motifs is 5. The maximum absolute atomic E-state index is 11.1. The molecule has 2 heteroatoms. The van der Waals surface area contributed by atoms with Gasteiger partial charge >= 0.3 is 0 Å². The summed E-state index contributed by atoms with van der Waals surface area (Å²) in [6, 6.07) is 0. The van der Waals surface area contributed by atoms with Crippen LogP contribution in [-0.4, -0.2) is 20.0 Å². The molecule has 8 atom stereocenters. The van der Waals surface area contributed by atoms with Crippen molar-refractivity contribution < 1.29 is 9.53 Å². The third kappa shape index (κ3) is 2.68. The van der Waals surface area contributed by atoms with Gasteiger partial charge in [0.2, 0.25) is 0 Å². The minimum Gasteiger partial charge on any atom is -0.384 e. The molecule has 24 heavy (non-hydrogen) atoms. The summed E-state index contributed by atoms with van der Waals surface area (Å²) in [6.07, 6.45) is 14.8. The van der Waals surface area contributed by atoms with Crippen LogP contribution in [0.5, 0.6) is 0 Å². The van der Waals surface area contributed by atoms with Gasteiger partial charge in [-0.05, 0) is 105 Å². The topological polar surface area (TPSA) is 26.3 Å². The smallest absolute Gasteiger partial charge is 0.120 e. The molecule has 2 nitrogen and oxygen atoms in total. The van der Waals surface area contributed by atoms with Crippen LogP contribution in [0.1, 0.15) is 71.1 Å². The summed E-state index contributed by atoms with van der Waals surface area (Å²) in [5, 5.41) is 0. The molecule has 4 aliphatic carbocycles. The Morgan fingerprint density at radius 1 is 1.00 bits per heavy atom. The Bertz CT molecular complexity index is 461. The Morgan fingerprint density at radius 3 is 2.62 bits per heavy atom. The highest BCUT2D eigenvalue weighted by Gasteiger charge is 2.56. The fourth-order valence-corrected chi connectivity index (χ4v) is 7.95. The van der Waals surface area contributed by atoms with Crippen LogP contribution in [0.2, 0.25) is 0 Å². The van der Waals surface area contributed by atoms with Gasteiger partial charge in [0.1, 0.15) is 6.29 Å². The summed E-state index contributed by atoms with van der Waals surface area (Å²) < 4.78 is 5.44. The van der Waals surface area contributed by atoms with Gasteiger partial charge in [-0.15, -0.1) is 0 Å². The van der Waals surface area contributed by atoms with Crippen molar-refractivity contribution in [1.82, 2.24) is 0 Å². The zero-order chi connectivity index (χ0) is 16.7. The normalized spacial score (nSPS) is 50.7. The first-order chi connectivity index (χ1) is 11.7. The van der Waals surface area contributed by atoms with Gasteiger partial charge in [0.15, 0.2) is 0 Å². The van der Waals surface area contributed by atoms with Gasteiger partial charge in [0, 0.05) is 20.1 Å². The van der Waals surface area contributed by atoms with Crippen LogP contribution < -0.4 is 0 Å². The maximum atomic E-state index is 11.1. The number of rotatable bonds is 4. The summed E-state index contributed by atoms with van der Waals surface area (Å²) in [4.78, 5) is 11.1. The Labute approximate surface area is 148 Å². The first-order valence-electron chi connectivity index (χ1n) is 10.6. The van der Waals surface area contributed by atoms with E-state index < -0.39 is 0 Å². The number of carbonyl (C=O) groups is 1. The fourth-order valence-electron chi connectivity index (χ4n) is 7.95. The Balaban J connectivity index is 1.47. The lowest BCUT2D eigenvalue weighted by atomic mass is 9.49. The quantitative estimate of drug-likeness (QED) is 0.669. The largest absolute Gasteiger partial charge is 0.384 e. The Kier molecular flexibility index (Phi) is 4.79. The second-order valence-electron chi connectivity index (χ2n) is 9.79. The predicted molar refractivity (Wildman–Crippen MR) is 96.6 cm³/mol. The molecule has 0 radical (unpaired) electrons. The third-order valence-corrected chi connectivity index (χ3v) is 9.04. The van der Waals surface area contributed by atoms with E-state index in [1.54, 1.807) is 0 Å². The number of ether oxygens (including phenoxy) is 1. The number of hydrogen-bond acceptors (Lipinski definition) is 2. The number of carbonyl (C=O) groups excluding carboxylic acids is 1. The van der Waals surface area contributed by atoms with Crippen molar-refractivity contribution in [3.05, 3.63) is 0 Å². The Hall–Kier alpha value is -0.370. The van der Waals surface area contributed by atoms with Crippen LogP contribution >= 0.6 is 0 Å². The van der Waals surface area contributed by atoms with E-state index in [2.05, 4.69) is 6.92 Å². The van der Waals surface area contributed by atoms with Gasteiger partial charge in [-0.3, -0.25) is 0 Å². The lowest BCUT2D eigenvalue weighted by Gasteiger charge is -2.56. The highest BCUT2D eigenvalue weighted by molar-refractivity contribution is 5.50. The molecule has 8 unspecified atom stereocenters. The molecule has 4 saturated carbocycles. The Morgan fingerprint density at radius 2 is 1.83 bits per heavy atom. The van der Waals surface area contributed by atoms with Crippen LogP contribution in [0, 0.1) is 46.8 Å². The van der Waals surface area contributed by atoms with E-state index in [-0.39, 0.29) is 0 Å². The summed E-state index contributed by atoms with van der Waals surface area (Å²) >= 11 is 0. The van der Waals surface area contributed by atoms with E-state index in [9.17, 15) is 4.79 Å². The van der Waals surface area contributed by atoms with Crippen LogP contribution in [0.25, 0.3) is 0 Å². The van der Waals surface area contributed by atoms with Gasteiger partial charge in [0.05, 0.1) is 0 Å². The molecule has 136 valence electrons. The number of aldehydes is 1. The third-order valence-electron chi connectivity index (χ3n) is 9.04. The molecule has 4 fully saturated rings. The van der Waals surface area contributed by atoms with Crippen molar-refractivity contribution in [2.45, 2.75) is 71.1 Å². The molecule has 0 amide bonds. The molecule has 0 aromatic rings. The van der Waals surface area contributed by atoms with E-state index in [4.69, 9.17) is 4.74 Å². The van der Waals surface area contributed by atoms with Gasteiger partial charge in [-0.25, -0.2) is 0 Å². The van der Waals surface area contributed by atoms with Gasteiger partial charge in [0.25, 0.3) is 0 Å². The molecule has 4 aliphatic rings. The van der Waals surface area contributed by atoms with E-state index in [0.717, 1.165) is 48.5 Å². The average Bonchev–Trinajstić information content (AvgIpc) is 2.92. The van der Waals surface area contributed by atoms with Gasteiger partial charge in [-0.2, -0.15) is 0 Å². The highest BCUT2D eigenvalue weighted by atomic mass is 16.5. The van der Waals surface area contributed by atoms with E-state index in [1.807, 2.05) is 7.11 Å². The molecule has 0 aromatic carbocycles. The van der Waals surface area contributed by atoms with E-state index >= 15 is 0 Å². The fraction of sp³-hybridized carbons (Fsp3) is 0.955. The lowest BCUT2D eigenvalue weighted by Crippen LogP contribution is -2.48. The summed E-state index contributed by atoms with van der Waals surface area (Å²) in [7, 11) is 1.86. The lowest BCUT2D eigenvalue weighted by molar-refractivity contribution is -0.111. The zero-order valence-electron chi connectivity index (χ0n) is 15.7. The minimum absolute atomic E-state index is 0.474. The highest BCUT2D eigenvalue weighted by Crippen LogP contribution is 2.64. The molecular weight excluding hydrogens is 296 g/mol. The SMILES string of the molecule is COCC1CCC2C(CCC3C2CCC2(C)C(CC=O)CCC32)C1. The second kappa shape index (κ2) is 6.74. The summed E-state index contributed by atoms with van der Waals surface area (Å²) in [5.74, 6) is 6.38. The number of methoxy groups -OCH3 is 1. The molecule has 0 spiro atoms. The zero-order valence-corrected chi connectivity index (χ0v) is 15.7. The van der Waals surface area contributed by atoms with Crippen LogP contribution in [-0.2, 0) is 9.53 Å². The number of hydrogen-bond donors (Lipinski definition) is 0.